The standard InChI is InChI=1S/C15H18ClNO2/c1-17(13-4-2-3-5-13)14-8-7-12(16)10-11(14)6-9-15(18)19/h6-10,13H,2-5H2,1H3,(H,18,19)/b9-6+. The molecule has 102 valence electrons. The monoisotopic (exact) mass is 279 g/mol. The van der Waals surface area contributed by atoms with Gasteiger partial charge in [-0.2, -0.15) is 0 Å². The zero-order valence-corrected chi connectivity index (χ0v) is 11.7. The predicted octanol–water partition coefficient (Wildman–Crippen LogP) is 3.82. The molecule has 0 radical (unpaired) electrons. The van der Waals surface area contributed by atoms with Crippen LogP contribution in [0.4, 0.5) is 5.69 Å². The summed E-state index contributed by atoms with van der Waals surface area (Å²) >= 11 is 6.00. The Hall–Kier alpha value is -1.48. The summed E-state index contributed by atoms with van der Waals surface area (Å²) in [6.45, 7) is 0. The molecule has 3 nitrogen and oxygen atoms in total. The van der Waals surface area contributed by atoms with Crippen LogP contribution in [0.25, 0.3) is 6.08 Å². The Morgan fingerprint density at radius 3 is 2.74 bits per heavy atom. The van der Waals surface area contributed by atoms with Crippen molar-refractivity contribution in [2.75, 3.05) is 11.9 Å². The number of hydrogen-bond acceptors (Lipinski definition) is 2. The minimum Gasteiger partial charge on any atom is -0.478 e. The molecule has 1 aliphatic carbocycles. The van der Waals surface area contributed by atoms with Gasteiger partial charge >= 0.3 is 5.97 Å². The van der Waals surface area contributed by atoms with Gasteiger partial charge in [0.15, 0.2) is 0 Å². The molecule has 0 aromatic heterocycles. The van der Waals surface area contributed by atoms with Gasteiger partial charge in [0.05, 0.1) is 0 Å². The van der Waals surface area contributed by atoms with E-state index >= 15 is 0 Å². The molecule has 1 saturated carbocycles. The predicted molar refractivity (Wildman–Crippen MR) is 78.8 cm³/mol. The highest BCUT2D eigenvalue weighted by Gasteiger charge is 2.21. The molecule has 0 unspecified atom stereocenters. The zero-order valence-electron chi connectivity index (χ0n) is 11.0. The largest absolute Gasteiger partial charge is 0.478 e. The van der Waals surface area contributed by atoms with Crippen LogP contribution in [0.2, 0.25) is 5.02 Å². The third-order valence-electron chi connectivity index (χ3n) is 3.65. The van der Waals surface area contributed by atoms with Crippen molar-refractivity contribution in [2.45, 2.75) is 31.7 Å². The van der Waals surface area contributed by atoms with Gasteiger partial charge in [-0.3, -0.25) is 0 Å². The van der Waals surface area contributed by atoms with Crippen LogP contribution >= 0.6 is 11.6 Å². The number of anilines is 1. The molecule has 1 aromatic carbocycles. The summed E-state index contributed by atoms with van der Waals surface area (Å²) in [5, 5.41) is 9.37. The maximum Gasteiger partial charge on any atom is 0.328 e. The topological polar surface area (TPSA) is 40.5 Å². The molecule has 0 saturated heterocycles. The minimum atomic E-state index is -0.950. The number of hydrogen-bond donors (Lipinski definition) is 1. The first-order valence-electron chi connectivity index (χ1n) is 6.51. The van der Waals surface area contributed by atoms with Crippen molar-refractivity contribution in [1.82, 2.24) is 0 Å². The van der Waals surface area contributed by atoms with Gasteiger partial charge < -0.3 is 10.0 Å². The molecule has 1 fully saturated rings. The maximum atomic E-state index is 10.7. The lowest BCUT2D eigenvalue weighted by Crippen LogP contribution is -2.29. The van der Waals surface area contributed by atoms with Crippen LogP contribution in [-0.2, 0) is 4.79 Å². The van der Waals surface area contributed by atoms with Crippen molar-refractivity contribution in [1.29, 1.82) is 0 Å². The summed E-state index contributed by atoms with van der Waals surface area (Å²) in [6.07, 6.45) is 7.68. The fourth-order valence-corrected chi connectivity index (χ4v) is 2.81. The maximum absolute atomic E-state index is 10.7. The number of carboxylic acid groups (broad SMARTS) is 1. The molecular weight excluding hydrogens is 262 g/mol. The molecule has 0 spiro atoms. The number of carboxylic acids is 1. The number of carbonyl (C=O) groups is 1. The van der Waals surface area contributed by atoms with Crippen molar-refractivity contribution >= 4 is 29.3 Å². The van der Waals surface area contributed by atoms with Crippen LogP contribution in [0.1, 0.15) is 31.2 Å². The van der Waals surface area contributed by atoms with Gasteiger partial charge in [0.25, 0.3) is 0 Å². The van der Waals surface area contributed by atoms with Gasteiger partial charge in [-0.05, 0) is 42.7 Å². The van der Waals surface area contributed by atoms with Gasteiger partial charge in [-0.15, -0.1) is 0 Å². The van der Waals surface area contributed by atoms with Crippen molar-refractivity contribution in [2.24, 2.45) is 0 Å². The molecule has 0 heterocycles. The first kappa shape index (κ1) is 13.9. The van der Waals surface area contributed by atoms with E-state index in [9.17, 15) is 4.79 Å². The first-order chi connectivity index (χ1) is 9.08. The number of rotatable bonds is 4. The zero-order chi connectivity index (χ0) is 13.8. The number of nitrogens with zero attached hydrogens (tertiary/aromatic N) is 1. The van der Waals surface area contributed by atoms with Crippen molar-refractivity contribution in [3.8, 4) is 0 Å². The molecule has 19 heavy (non-hydrogen) atoms. The number of halogens is 1. The van der Waals surface area contributed by atoms with Crippen LogP contribution in [0.5, 0.6) is 0 Å². The fourth-order valence-electron chi connectivity index (χ4n) is 2.63. The Morgan fingerprint density at radius 1 is 1.42 bits per heavy atom. The molecule has 1 N–H and O–H groups in total. The van der Waals surface area contributed by atoms with Crippen molar-refractivity contribution in [3.63, 3.8) is 0 Å². The highest BCUT2D eigenvalue weighted by molar-refractivity contribution is 6.30. The second-order valence-corrected chi connectivity index (χ2v) is 5.36. The SMILES string of the molecule is CN(c1ccc(Cl)cc1/C=C/C(=O)O)C1CCCC1. The van der Waals surface area contributed by atoms with Crippen LogP contribution in [-0.4, -0.2) is 24.2 Å². The van der Waals surface area contributed by atoms with E-state index in [1.165, 1.54) is 25.7 Å². The smallest absolute Gasteiger partial charge is 0.328 e. The lowest BCUT2D eigenvalue weighted by Gasteiger charge is -2.28. The van der Waals surface area contributed by atoms with E-state index in [2.05, 4.69) is 11.9 Å². The molecular formula is C15H18ClNO2. The van der Waals surface area contributed by atoms with Gasteiger partial charge in [-0.1, -0.05) is 24.4 Å². The van der Waals surface area contributed by atoms with E-state index in [0.29, 0.717) is 11.1 Å². The van der Waals surface area contributed by atoms with Crippen LogP contribution in [0, 0.1) is 0 Å². The lowest BCUT2D eigenvalue weighted by atomic mass is 10.1. The molecule has 2 rings (SSSR count). The van der Waals surface area contributed by atoms with Crippen LogP contribution < -0.4 is 4.90 Å². The molecule has 0 amide bonds. The lowest BCUT2D eigenvalue weighted by molar-refractivity contribution is -0.131. The Labute approximate surface area is 118 Å². The van der Waals surface area contributed by atoms with E-state index < -0.39 is 5.97 Å². The molecule has 0 atom stereocenters. The normalized spacial score (nSPS) is 16.1. The second kappa shape index (κ2) is 6.11. The van der Waals surface area contributed by atoms with Crippen LogP contribution in [0.15, 0.2) is 24.3 Å². The number of aliphatic carboxylic acids is 1. The fraction of sp³-hybridized carbons (Fsp3) is 0.400. The molecule has 4 heteroatoms. The van der Waals surface area contributed by atoms with Gasteiger partial charge in [0, 0.05) is 29.9 Å². The summed E-state index contributed by atoms with van der Waals surface area (Å²) in [4.78, 5) is 12.9. The highest BCUT2D eigenvalue weighted by atomic mass is 35.5. The van der Waals surface area contributed by atoms with Gasteiger partial charge in [-0.25, -0.2) is 4.79 Å². The second-order valence-electron chi connectivity index (χ2n) is 4.92. The summed E-state index contributed by atoms with van der Waals surface area (Å²) in [6, 6.07) is 6.16. The van der Waals surface area contributed by atoms with E-state index in [-0.39, 0.29) is 0 Å². The quantitative estimate of drug-likeness (QED) is 0.852. The summed E-state index contributed by atoms with van der Waals surface area (Å²) in [5.74, 6) is -0.950. The molecule has 1 aromatic rings. The average Bonchev–Trinajstić information content (AvgIpc) is 2.89. The summed E-state index contributed by atoms with van der Waals surface area (Å²) < 4.78 is 0. The third-order valence-corrected chi connectivity index (χ3v) is 3.88. The van der Waals surface area contributed by atoms with Crippen molar-refractivity contribution < 1.29 is 9.90 Å². The molecule has 0 bridgehead atoms. The Balaban J connectivity index is 2.30. The van der Waals surface area contributed by atoms with Gasteiger partial charge in [0.1, 0.15) is 0 Å². The highest BCUT2D eigenvalue weighted by Crippen LogP contribution is 2.31. The number of benzene rings is 1. The van der Waals surface area contributed by atoms with E-state index in [0.717, 1.165) is 17.3 Å². The Kier molecular flexibility index (Phi) is 4.48. The molecule has 0 aliphatic heterocycles. The van der Waals surface area contributed by atoms with E-state index in [1.54, 1.807) is 6.08 Å². The minimum absolute atomic E-state index is 0.540. The van der Waals surface area contributed by atoms with Crippen molar-refractivity contribution in [3.05, 3.63) is 34.9 Å². The average molecular weight is 280 g/mol. The van der Waals surface area contributed by atoms with Gasteiger partial charge in [0.2, 0.25) is 0 Å². The van der Waals surface area contributed by atoms with E-state index in [1.807, 2.05) is 18.2 Å². The van der Waals surface area contributed by atoms with E-state index in [4.69, 9.17) is 16.7 Å². The molecule has 1 aliphatic rings. The summed E-state index contributed by atoms with van der Waals surface area (Å²) in [5.41, 5.74) is 1.89. The Bertz CT molecular complexity index is 493. The first-order valence-corrected chi connectivity index (χ1v) is 6.89. The van der Waals surface area contributed by atoms with Crippen LogP contribution in [0.3, 0.4) is 0 Å². The Morgan fingerprint density at radius 2 is 2.11 bits per heavy atom. The summed E-state index contributed by atoms with van der Waals surface area (Å²) in [7, 11) is 2.07. The third kappa shape index (κ3) is 3.51.